The molecule has 0 aromatic heterocycles. The molecule has 0 aliphatic carbocycles. The van der Waals surface area contributed by atoms with E-state index in [1.165, 1.54) is 6.07 Å². The number of aromatic carboxylic acids is 1. The fraction of sp³-hybridized carbons (Fsp3) is 0. The number of carboxylic acid groups (broad SMARTS) is 1. The van der Waals surface area contributed by atoms with E-state index in [0.717, 1.165) is 6.07 Å². The fourth-order valence-corrected chi connectivity index (χ4v) is 1.05. The summed E-state index contributed by atoms with van der Waals surface area (Å²) < 4.78 is 12.8. The van der Waals surface area contributed by atoms with Gasteiger partial charge in [0.1, 0.15) is 5.82 Å². The van der Waals surface area contributed by atoms with Gasteiger partial charge in [-0.25, -0.2) is 9.18 Å². The summed E-state index contributed by atoms with van der Waals surface area (Å²) in [5, 5.41) is 8.62. The van der Waals surface area contributed by atoms with E-state index in [1.807, 2.05) is 0 Å². The van der Waals surface area contributed by atoms with Gasteiger partial charge in [0.05, 0.1) is 11.3 Å². The normalized spacial score (nSPS) is 9.77. The van der Waals surface area contributed by atoms with Gasteiger partial charge in [0, 0.05) is 4.90 Å². The topological polar surface area (TPSA) is 75.3 Å². The summed E-state index contributed by atoms with van der Waals surface area (Å²) in [7, 11) is 0. The highest BCUT2D eigenvalue weighted by molar-refractivity contribution is 7.80. The van der Waals surface area contributed by atoms with E-state index in [9.17, 15) is 9.18 Å². The molecule has 4 nitrogen and oxygen atoms in total. The molecule has 4 N–H and O–H groups in total. The van der Waals surface area contributed by atoms with Gasteiger partial charge in [-0.3, -0.25) is 5.84 Å². The Labute approximate surface area is 78.9 Å². The van der Waals surface area contributed by atoms with Crippen LogP contribution in [0.3, 0.4) is 0 Å². The van der Waals surface area contributed by atoms with Crippen LogP contribution in [0.5, 0.6) is 0 Å². The maximum Gasteiger partial charge on any atom is 0.337 e. The molecule has 0 unspecified atom stereocenters. The molecule has 1 aromatic carbocycles. The van der Waals surface area contributed by atoms with Crippen LogP contribution in [0.25, 0.3) is 0 Å². The SMILES string of the molecule is NNc1cc(S)c(F)cc1C(=O)O. The summed E-state index contributed by atoms with van der Waals surface area (Å²) in [6.45, 7) is 0. The first kappa shape index (κ1) is 9.82. The highest BCUT2D eigenvalue weighted by Gasteiger charge is 2.12. The summed E-state index contributed by atoms with van der Waals surface area (Å²) in [5.41, 5.74) is 2.05. The van der Waals surface area contributed by atoms with Gasteiger partial charge in [0.25, 0.3) is 0 Å². The van der Waals surface area contributed by atoms with E-state index in [4.69, 9.17) is 10.9 Å². The Kier molecular flexibility index (Phi) is 2.74. The van der Waals surface area contributed by atoms with E-state index in [2.05, 4.69) is 18.1 Å². The largest absolute Gasteiger partial charge is 0.478 e. The number of rotatable bonds is 2. The molecule has 6 heteroatoms. The summed E-state index contributed by atoms with van der Waals surface area (Å²) in [6, 6.07) is 2.07. The third kappa shape index (κ3) is 1.90. The number of anilines is 1. The molecule has 0 spiro atoms. The van der Waals surface area contributed by atoms with Gasteiger partial charge in [-0.05, 0) is 12.1 Å². The smallest absolute Gasteiger partial charge is 0.337 e. The zero-order chi connectivity index (χ0) is 10.0. The van der Waals surface area contributed by atoms with Crippen LogP contribution < -0.4 is 11.3 Å². The van der Waals surface area contributed by atoms with Crippen LogP contribution in [0.1, 0.15) is 10.4 Å². The van der Waals surface area contributed by atoms with Crippen molar-refractivity contribution in [1.82, 2.24) is 0 Å². The van der Waals surface area contributed by atoms with Crippen molar-refractivity contribution in [1.29, 1.82) is 0 Å². The number of nitrogen functional groups attached to an aromatic ring is 1. The molecule has 0 bridgehead atoms. The standard InChI is InChI=1S/C7H7FN2O2S/c8-4-1-3(7(11)12)5(10-9)2-6(4)13/h1-2,10,13H,9H2,(H,11,12). The molecule has 0 radical (unpaired) electrons. The Balaban J connectivity index is 3.33. The summed E-state index contributed by atoms with van der Waals surface area (Å²) in [4.78, 5) is 10.6. The van der Waals surface area contributed by atoms with Gasteiger partial charge in [-0.2, -0.15) is 0 Å². The number of thiol groups is 1. The van der Waals surface area contributed by atoms with Crippen LogP contribution in [0.15, 0.2) is 17.0 Å². The van der Waals surface area contributed by atoms with Crippen LogP contribution in [0.4, 0.5) is 10.1 Å². The summed E-state index contributed by atoms with van der Waals surface area (Å²) in [5.74, 6) is 3.09. The first-order valence-corrected chi connectivity index (χ1v) is 3.73. The second-order valence-electron chi connectivity index (χ2n) is 2.30. The molecule has 0 atom stereocenters. The van der Waals surface area contributed by atoms with Crippen molar-refractivity contribution in [2.45, 2.75) is 4.90 Å². The van der Waals surface area contributed by atoms with Crippen LogP contribution >= 0.6 is 12.6 Å². The second kappa shape index (κ2) is 3.63. The minimum absolute atomic E-state index is 0.0398. The van der Waals surface area contributed by atoms with Crippen molar-refractivity contribution in [3.05, 3.63) is 23.5 Å². The Morgan fingerprint density at radius 1 is 1.62 bits per heavy atom. The van der Waals surface area contributed by atoms with Gasteiger partial charge >= 0.3 is 5.97 Å². The van der Waals surface area contributed by atoms with Crippen LogP contribution in [-0.2, 0) is 0 Å². The molecule has 0 heterocycles. The van der Waals surface area contributed by atoms with Crippen molar-refractivity contribution in [3.63, 3.8) is 0 Å². The van der Waals surface area contributed by atoms with Gasteiger partial charge in [-0.15, -0.1) is 12.6 Å². The summed E-state index contributed by atoms with van der Waals surface area (Å²) >= 11 is 3.77. The van der Waals surface area contributed by atoms with Crippen molar-refractivity contribution in [2.24, 2.45) is 5.84 Å². The molecule has 13 heavy (non-hydrogen) atoms. The lowest BCUT2D eigenvalue weighted by molar-refractivity contribution is 0.0697. The zero-order valence-corrected chi connectivity index (χ0v) is 7.31. The number of benzene rings is 1. The fourth-order valence-electron chi connectivity index (χ4n) is 0.858. The number of nitrogens with one attached hydrogen (secondary N) is 1. The van der Waals surface area contributed by atoms with Crippen molar-refractivity contribution in [2.75, 3.05) is 5.43 Å². The van der Waals surface area contributed by atoms with Crippen molar-refractivity contribution in [3.8, 4) is 0 Å². The average Bonchev–Trinajstić information content (AvgIpc) is 2.08. The van der Waals surface area contributed by atoms with Crippen molar-refractivity contribution >= 4 is 24.3 Å². The lowest BCUT2D eigenvalue weighted by Gasteiger charge is -2.06. The third-order valence-electron chi connectivity index (χ3n) is 1.47. The molecule has 1 aromatic rings. The number of halogens is 1. The number of nitrogens with two attached hydrogens (primary N) is 1. The molecule has 0 saturated carbocycles. The molecule has 70 valence electrons. The Morgan fingerprint density at radius 3 is 2.69 bits per heavy atom. The van der Waals surface area contributed by atoms with E-state index in [0.29, 0.717) is 0 Å². The van der Waals surface area contributed by atoms with Gasteiger partial charge in [-0.1, -0.05) is 0 Å². The number of carboxylic acids is 1. The zero-order valence-electron chi connectivity index (χ0n) is 6.41. The molecule has 0 saturated heterocycles. The van der Waals surface area contributed by atoms with Crippen molar-refractivity contribution < 1.29 is 14.3 Å². The van der Waals surface area contributed by atoms with Crippen LogP contribution in [0.2, 0.25) is 0 Å². The van der Waals surface area contributed by atoms with Crippen LogP contribution in [-0.4, -0.2) is 11.1 Å². The highest BCUT2D eigenvalue weighted by Crippen LogP contribution is 2.22. The molecular formula is C7H7FN2O2S. The predicted molar refractivity (Wildman–Crippen MR) is 48.4 cm³/mol. The Bertz CT molecular complexity index is 357. The highest BCUT2D eigenvalue weighted by atomic mass is 32.1. The lowest BCUT2D eigenvalue weighted by atomic mass is 10.2. The minimum atomic E-state index is -1.25. The average molecular weight is 202 g/mol. The molecule has 0 aliphatic heterocycles. The number of hydrazine groups is 1. The van der Waals surface area contributed by atoms with E-state index in [-0.39, 0.29) is 16.1 Å². The van der Waals surface area contributed by atoms with Gasteiger partial charge < -0.3 is 10.5 Å². The Morgan fingerprint density at radius 2 is 2.23 bits per heavy atom. The molecule has 1 rings (SSSR count). The number of hydrogen-bond donors (Lipinski definition) is 4. The van der Waals surface area contributed by atoms with Crippen LogP contribution in [0, 0.1) is 5.82 Å². The van der Waals surface area contributed by atoms with Gasteiger partial charge in [0.15, 0.2) is 0 Å². The maximum atomic E-state index is 12.8. The first-order valence-electron chi connectivity index (χ1n) is 3.28. The third-order valence-corrected chi connectivity index (χ3v) is 1.82. The maximum absolute atomic E-state index is 12.8. The molecule has 0 aliphatic rings. The predicted octanol–water partition coefficient (Wildman–Crippen LogP) is 1.10. The van der Waals surface area contributed by atoms with Gasteiger partial charge in [0.2, 0.25) is 0 Å². The Hall–Kier alpha value is -1.27. The lowest BCUT2D eigenvalue weighted by Crippen LogP contribution is -2.12. The molecule has 0 fully saturated rings. The molecule has 0 amide bonds. The van der Waals surface area contributed by atoms with E-state index < -0.39 is 11.8 Å². The van der Waals surface area contributed by atoms with E-state index in [1.54, 1.807) is 0 Å². The quantitative estimate of drug-likeness (QED) is 0.329. The minimum Gasteiger partial charge on any atom is -0.478 e. The summed E-state index contributed by atoms with van der Waals surface area (Å²) in [6.07, 6.45) is 0. The monoisotopic (exact) mass is 202 g/mol. The second-order valence-corrected chi connectivity index (χ2v) is 2.78. The number of carbonyl (C=O) groups is 1. The number of hydrogen-bond acceptors (Lipinski definition) is 4. The molecular weight excluding hydrogens is 195 g/mol. The van der Waals surface area contributed by atoms with E-state index >= 15 is 0 Å². The first-order chi connectivity index (χ1) is 6.06.